The summed E-state index contributed by atoms with van der Waals surface area (Å²) in [6.45, 7) is 4.09. The molecule has 1 amide bonds. The fraction of sp³-hybridized carbons (Fsp3) is 0.462. The summed E-state index contributed by atoms with van der Waals surface area (Å²) in [4.78, 5) is 19.1. The molecule has 2 heterocycles. The molecule has 19 heavy (non-hydrogen) atoms. The zero-order valence-corrected chi connectivity index (χ0v) is 12.2. The van der Waals surface area contributed by atoms with Gasteiger partial charge in [0.25, 0.3) is 5.91 Å². The molecule has 0 saturated carbocycles. The molecule has 102 valence electrons. The Kier molecular flexibility index (Phi) is 4.31. The number of aryl methyl sites for hydroxylation is 1. The number of carbonyl (C=O) groups is 1. The molecule has 0 fully saturated rings. The number of nitrogens with zero attached hydrogens (tertiary/aromatic N) is 3. The van der Waals surface area contributed by atoms with Crippen LogP contribution in [-0.4, -0.2) is 33.0 Å². The van der Waals surface area contributed by atoms with Crippen molar-refractivity contribution in [1.29, 1.82) is 0 Å². The molecule has 0 saturated heterocycles. The standard InChI is InChI=1S/C13H18N4OS/c1-4-5-10-6-11(16-15-10)13(18)17(3)9(2)12-7-14-8-19-12/h6-9H,4-5H2,1-3H3,(H,15,16). The highest BCUT2D eigenvalue weighted by Gasteiger charge is 2.21. The first-order valence-electron chi connectivity index (χ1n) is 6.33. The maximum absolute atomic E-state index is 12.3. The van der Waals surface area contributed by atoms with Gasteiger partial charge in [0.05, 0.1) is 11.6 Å². The van der Waals surface area contributed by atoms with Crippen molar-refractivity contribution in [3.05, 3.63) is 34.0 Å². The number of thiazole rings is 1. The van der Waals surface area contributed by atoms with E-state index in [9.17, 15) is 4.79 Å². The number of nitrogens with one attached hydrogen (secondary N) is 1. The number of aromatic nitrogens is 3. The Morgan fingerprint density at radius 2 is 2.37 bits per heavy atom. The van der Waals surface area contributed by atoms with Crippen LogP contribution in [0.2, 0.25) is 0 Å². The predicted molar refractivity (Wildman–Crippen MR) is 75.2 cm³/mol. The van der Waals surface area contributed by atoms with Gasteiger partial charge in [0.15, 0.2) is 0 Å². The lowest BCUT2D eigenvalue weighted by Gasteiger charge is -2.22. The molecule has 0 aliphatic heterocycles. The maximum atomic E-state index is 12.3. The van der Waals surface area contributed by atoms with E-state index in [1.54, 1.807) is 35.0 Å². The van der Waals surface area contributed by atoms with Crippen molar-refractivity contribution in [1.82, 2.24) is 20.1 Å². The summed E-state index contributed by atoms with van der Waals surface area (Å²) in [5.41, 5.74) is 3.25. The van der Waals surface area contributed by atoms with E-state index in [0.717, 1.165) is 23.4 Å². The minimum absolute atomic E-state index is 0.00586. The summed E-state index contributed by atoms with van der Waals surface area (Å²) < 4.78 is 0. The van der Waals surface area contributed by atoms with Crippen LogP contribution in [0.25, 0.3) is 0 Å². The minimum atomic E-state index is -0.0699. The van der Waals surface area contributed by atoms with Gasteiger partial charge in [0.2, 0.25) is 0 Å². The van der Waals surface area contributed by atoms with Gasteiger partial charge in [-0.2, -0.15) is 5.10 Å². The molecule has 5 nitrogen and oxygen atoms in total. The van der Waals surface area contributed by atoms with Crippen LogP contribution in [0.3, 0.4) is 0 Å². The predicted octanol–water partition coefficient (Wildman–Crippen LogP) is 2.65. The first-order valence-corrected chi connectivity index (χ1v) is 7.21. The lowest BCUT2D eigenvalue weighted by atomic mass is 10.2. The second-order valence-electron chi connectivity index (χ2n) is 4.52. The Bertz CT molecular complexity index is 535. The molecule has 0 aromatic carbocycles. The molecule has 0 spiro atoms. The summed E-state index contributed by atoms with van der Waals surface area (Å²) in [6.07, 6.45) is 3.74. The normalized spacial score (nSPS) is 12.4. The second-order valence-corrected chi connectivity index (χ2v) is 5.44. The number of carbonyl (C=O) groups excluding carboxylic acids is 1. The van der Waals surface area contributed by atoms with E-state index < -0.39 is 0 Å². The van der Waals surface area contributed by atoms with Crippen LogP contribution in [0.15, 0.2) is 17.8 Å². The lowest BCUT2D eigenvalue weighted by molar-refractivity contribution is 0.0739. The number of amides is 1. The molecular formula is C13H18N4OS. The smallest absolute Gasteiger partial charge is 0.274 e. The topological polar surface area (TPSA) is 61.9 Å². The zero-order valence-electron chi connectivity index (χ0n) is 11.4. The molecule has 0 aliphatic rings. The second kappa shape index (κ2) is 5.97. The van der Waals surface area contributed by atoms with Gasteiger partial charge < -0.3 is 4.90 Å². The number of H-pyrrole nitrogens is 1. The summed E-state index contributed by atoms with van der Waals surface area (Å²) in [5.74, 6) is -0.0699. The van der Waals surface area contributed by atoms with E-state index in [-0.39, 0.29) is 11.9 Å². The number of aromatic amines is 1. The molecule has 0 bridgehead atoms. The van der Waals surface area contributed by atoms with Crippen molar-refractivity contribution < 1.29 is 4.79 Å². The molecule has 0 radical (unpaired) electrons. The summed E-state index contributed by atoms with van der Waals surface area (Å²) in [6, 6.07) is 1.84. The maximum Gasteiger partial charge on any atom is 0.274 e. The van der Waals surface area contributed by atoms with Crippen molar-refractivity contribution in [2.75, 3.05) is 7.05 Å². The Morgan fingerprint density at radius 3 is 3.00 bits per heavy atom. The Hall–Kier alpha value is -1.69. The van der Waals surface area contributed by atoms with Gasteiger partial charge in [-0.15, -0.1) is 11.3 Å². The molecule has 2 rings (SSSR count). The van der Waals surface area contributed by atoms with E-state index in [1.165, 1.54) is 0 Å². The molecule has 0 aliphatic carbocycles. The molecule has 1 N–H and O–H groups in total. The van der Waals surface area contributed by atoms with E-state index in [1.807, 2.05) is 13.0 Å². The highest BCUT2D eigenvalue weighted by molar-refractivity contribution is 7.09. The molecule has 1 unspecified atom stereocenters. The van der Waals surface area contributed by atoms with Crippen LogP contribution in [0.4, 0.5) is 0 Å². The van der Waals surface area contributed by atoms with Gasteiger partial charge in [0.1, 0.15) is 5.69 Å². The van der Waals surface area contributed by atoms with Gasteiger partial charge in [-0.1, -0.05) is 13.3 Å². The van der Waals surface area contributed by atoms with Crippen molar-refractivity contribution in [2.24, 2.45) is 0 Å². The van der Waals surface area contributed by atoms with Crippen molar-refractivity contribution in [2.45, 2.75) is 32.7 Å². The van der Waals surface area contributed by atoms with E-state index >= 15 is 0 Å². The van der Waals surface area contributed by atoms with Gasteiger partial charge in [-0.3, -0.25) is 14.9 Å². The molecule has 6 heteroatoms. The average Bonchev–Trinajstić information content (AvgIpc) is 3.07. The third-order valence-corrected chi connectivity index (χ3v) is 4.08. The largest absolute Gasteiger partial charge is 0.333 e. The Balaban J connectivity index is 2.09. The van der Waals surface area contributed by atoms with Crippen LogP contribution >= 0.6 is 11.3 Å². The number of hydrogen-bond acceptors (Lipinski definition) is 4. The highest BCUT2D eigenvalue weighted by atomic mass is 32.1. The van der Waals surface area contributed by atoms with Crippen LogP contribution in [0.1, 0.15) is 47.4 Å². The number of hydrogen-bond donors (Lipinski definition) is 1. The lowest BCUT2D eigenvalue weighted by Crippen LogP contribution is -2.29. The van der Waals surface area contributed by atoms with Gasteiger partial charge >= 0.3 is 0 Å². The van der Waals surface area contributed by atoms with E-state index in [4.69, 9.17) is 0 Å². The minimum Gasteiger partial charge on any atom is -0.333 e. The van der Waals surface area contributed by atoms with Crippen molar-refractivity contribution >= 4 is 17.2 Å². The summed E-state index contributed by atoms with van der Waals surface area (Å²) >= 11 is 1.55. The quantitative estimate of drug-likeness (QED) is 0.914. The molecule has 2 aromatic heterocycles. The molecule has 2 aromatic rings. The monoisotopic (exact) mass is 278 g/mol. The van der Waals surface area contributed by atoms with Crippen LogP contribution < -0.4 is 0 Å². The first-order chi connectivity index (χ1) is 9.13. The van der Waals surface area contributed by atoms with Gasteiger partial charge in [0, 0.05) is 23.8 Å². The fourth-order valence-corrected chi connectivity index (χ4v) is 2.57. The average molecular weight is 278 g/mol. The Morgan fingerprint density at radius 1 is 1.58 bits per heavy atom. The highest BCUT2D eigenvalue weighted by Crippen LogP contribution is 2.23. The Labute approximate surface area is 116 Å². The van der Waals surface area contributed by atoms with Crippen LogP contribution in [-0.2, 0) is 6.42 Å². The third-order valence-electron chi connectivity index (χ3n) is 3.13. The van der Waals surface area contributed by atoms with E-state index in [0.29, 0.717) is 5.69 Å². The SMILES string of the molecule is CCCc1cc(C(=O)N(C)C(C)c2cncs2)n[nH]1. The van der Waals surface area contributed by atoms with Gasteiger partial charge in [-0.25, -0.2) is 0 Å². The zero-order chi connectivity index (χ0) is 13.8. The molecule has 1 atom stereocenters. The van der Waals surface area contributed by atoms with Gasteiger partial charge in [-0.05, 0) is 19.4 Å². The number of rotatable bonds is 5. The molecular weight excluding hydrogens is 260 g/mol. The summed E-state index contributed by atoms with van der Waals surface area (Å²) in [7, 11) is 1.79. The fourth-order valence-electron chi connectivity index (χ4n) is 1.85. The van der Waals surface area contributed by atoms with Crippen LogP contribution in [0.5, 0.6) is 0 Å². The third kappa shape index (κ3) is 3.01. The van der Waals surface area contributed by atoms with Crippen molar-refractivity contribution in [3.8, 4) is 0 Å². The van der Waals surface area contributed by atoms with E-state index in [2.05, 4.69) is 22.1 Å². The summed E-state index contributed by atoms with van der Waals surface area (Å²) in [5, 5.41) is 7.00. The van der Waals surface area contributed by atoms with Crippen LogP contribution in [0, 0.1) is 0 Å². The van der Waals surface area contributed by atoms with Crippen molar-refractivity contribution in [3.63, 3.8) is 0 Å². The first kappa shape index (κ1) is 13.7.